The fraction of sp³-hybridized carbons (Fsp3) is 0.462. The Labute approximate surface area is 225 Å². The molecule has 38 heavy (non-hydrogen) atoms. The predicted molar refractivity (Wildman–Crippen MR) is 141 cm³/mol. The first-order chi connectivity index (χ1) is 17.8. The third-order valence-electron chi connectivity index (χ3n) is 6.49. The predicted octanol–water partition coefficient (Wildman–Crippen LogP) is 3.06. The Balaban J connectivity index is 1.40. The number of hydrogen-bond donors (Lipinski definition) is 1. The Bertz CT molecular complexity index is 1210. The van der Waals surface area contributed by atoms with Gasteiger partial charge in [0.25, 0.3) is 11.8 Å². The van der Waals surface area contributed by atoms with Gasteiger partial charge in [-0.05, 0) is 51.1 Å². The molecule has 3 amide bonds. The van der Waals surface area contributed by atoms with Gasteiger partial charge in [0.2, 0.25) is 5.60 Å². The summed E-state index contributed by atoms with van der Waals surface area (Å²) in [6, 6.07) is 7.02. The first-order valence-corrected chi connectivity index (χ1v) is 12.6. The number of likely N-dealkylation sites (N-methyl/N-ethyl adjacent to an activating group) is 1. The fourth-order valence-electron chi connectivity index (χ4n) is 4.45. The van der Waals surface area contributed by atoms with Gasteiger partial charge in [-0.1, -0.05) is 11.6 Å². The van der Waals surface area contributed by atoms with Gasteiger partial charge >= 0.3 is 6.09 Å². The molecule has 1 aromatic heterocycles. The zero-order chi connectivity index (χ0) is 27.8. The number of carbonyl (C=O) groups is 3. The summed E-state index contributed by atoms with van der Waals surface area (Å²) >= 11 is 5.89. The lowest BCUT2D eigenvalue weighted by molar-refractivity contribution is -0.147. The molecule has 0 unspecified atom stereocenters. The summed E-state index contributed by atoms with van der Waals surface area (Å²) in [6.07, 6.45) is 1.04. The molecule has 0 saturated carbocycles. The normalized spacial score (nSPS) is 20.1. The fourth-order valence-corrected chi connectivity index (χ4v) is 4.66. The van der Waals surface area contributed by atoms with Crippen molar-refractivity contribution in [3.63, 3.8) is 0 Å². The largest absolute Gasteiger partial charge is 0.444 e. The minimum Gasteiger partial charge on any atom is -0.444 e. The van der Waals surface area contributed by atoms with Gasteiger partial charge in [0, 0.05) is 56.9 Å². The summed E-state index contributed by atoms with van der Waals surface area (Å²) < 4.78 is 19.2. The Morgan fingerprint density at radius 2 is 1.82 bits per heavy atom. The highest BCUT2D eigenvalue weighted by Gasteiger charge is 2.53. The van der Waals surface area contributed by atoms with E-state index in [0.717, 1.165) is 17.0 Å². The van der Waals surface area contributed by atoms with Crippen molar-refractivity contribution in [2.24, 2.45) is 0 Å². The molecule has 3 heterocycles. The summed E-state index contributed by atoms with van der Waals surface area (Å²) in [6.45, 7) is 7.70. The van der Waals surface area contributed by atoms with E-state index in [0.29, 0.717) is 37.7 Å². The van der Waals surface area contributed by atoms with E-state index in [4.69, 9.17) is 16.3 Å². The summed E-state index contributed by atoms with van der Waals surface area (Å²) in [4.78, 5) is 49.0. The van der Waals surface area contributed by atoms with E-state index in [1.807, 2.05) is 25.7 Å². The van der Waals surface area contributed by atoms with Crippen molar-refractivity contribution >= 4 is 46.7 Å². The number of pyridine rings is 1. The Morgan fingerprint density at radius 3 is 2.39 bits per heavy atom. The Kier molecular flexibility index (Phi) is 7.53. The molecule has 12 heteroatoms. The summed E-state index contributed by atoms with van der Waals surface area (Å²) in [5, 5.41) is 11.1. The Hall–Kier alpha value is -3.44. The third-order valence-corrected chi connectivity index (χ3v) is 6.71. The molecule has 1 N–H and O–H groups in total. The van der Waals surface area contributed by atoms with Crippen LogP contribution in [-0.2, 0) is 14.3 Å². The molecule has 1 aromatic carbocycles. The van der Waals surface area contributed by atoms with E-state index in [-0.39, 0.29) is 29.8 Å². The first-order valence-electron chi connectivity index (χ1n) is 12.3. The number of aliphatic hydroxyl groups is 1. The molecule has 2 aliphatic heterocycles. The molecular formula is C26H31ClFN5O5. The second-order valence-electron chi connectivity index (χ2n) is 10.4. The maximum absolute atomic E-state index is 13.8. The van der Waals surface area contributed by atoms with Crippen LogP contribution in [0.3, 0.4) is 0 Å². The number of hydrogen-bond acceptors (Lipinski definition) is 7. The number of piperazine rings is 1. The molecule has 2 aliphatic rings. The number of aromatic nitrogens is 1. The number of nitrogens with zero attached hydrogens (tertiary/aromatic N) is 5. The smallest absolute Gasteiger partial charge is 0.410 e. The van der Waals surface area contributed by atoms with E-state index in [9.17, 15) is 23.9 Å². The molecule has 2 fully saturated rings. The van der Waals surface area contributed by atoms with Crippen LogP contribution >= 0.6 is 11.6 Å². The van der Waals surface area contributed by atoms with Gasteiger partial charge in [-0.15, -0.1) is 0 Å². The van der Waals surface area contributed by atoms with Gasteiger partial charge < -0.3 is 29.4 Å². The van der Waals surface area contributed by atoms with Crippen molar-refractivity contribution in [3.8, 4) is 0 Å². The molecular weight excluding hydrogens is 517 g/mol. The highest BCUT2D eigenvalue weighted by molar-refractivity contribution is 6.31. The third kappa shape index (κ3) is 5.68. The highest BCUT2D eigenvalue weighted by atomic mass is 35.5. The van der Waals surface area contributed by atoms with Crippen molar-refractivity contribution in [1.82, 2.24) is 9.88 Å². The monoisotopic (exact) mass is 547 g/mol. The average Bonchev–Trinajstić information content (AvgIpc) is 3.17. The molecule has 204 valence electrons. The zero-order valence-electron chi connectivity index (χ0n) is 21.8. The maximum Gasteiger partial charge on any atom is 0.410 e. The summed E-state index contributed by atoms with van der Waals surface area (Å²) in [5.41, 5.74) is -2.30. The van der Waals surface area contributed by atoms with Crippen LogP contribution in [-0.4, -0.2) is 83.9 Å². The van der Waals surface area contributed by atoms with Crippen LogP contribution in [0.15, 0.2) is 36.5 Å². The molecule has 0 spiro atoms. The molecule has 2 saturated heterocycles. The highest BCUT2D eigenvalue weighted by Crippen LogP contribution is 2.32. The van der Waals surface area contributed by atoms with Gasteiger partial charge in [0.05, 0.1) is 11.9 Å². The molecule has 0 radical (unpaired) electrons. The van der Waals surface area contributed by atoms with Gasteiger partial charge in [0.15, 0.2) is 0 Å². The number of anilines is 3. The minimum absolute atomic E-state index is 0.0865. The second-order valence-corrected chi connectivity index (χ2v) is 10.8. The van der Waals surface area contributed by atoms with E-state index in [2.05, 4.69) is 4.98 Å². The molecule has 4 rings (SSSR count). The molecule has 10 nitrogen and oxygen atoms in total. The van der Waals surface area contributed by atoms with Crippen molar-refractivity contribution in [1.29, 1.82) is 0 Å². The first kappa shape index (κ1) is 27.6. The number of rotatable bonds is 4. The lowest BCUT2D eigenvalue weighted by Crippen LogP contribution is -2.53. The topological polar surface area (TPSA) is 107 Å². The second kappa shape index (κ2) is 10.4. The van der Waals surface area contributed by atoms with Gasteiger partial charge in [-0.25, -0.2) is 14.2 Å². The van der Waals surface area contributed by atoms with E-state index in [1.54, 1.807) is 17.0 Å². The maximum atomic E-state index is 13.8. The van der Waals surface area contributed by atoms with Crippen LogP contribution in [0.5, 0.6) is 0 Å². The van der Waals surface area contributed by atoms with Crippen LogP contribution in [0, 0.1) is 5.82 Å². The Morgan fingerprint density at radius 1 is 1.13 bits per heavy atom. The number of ether oxygens (including phenoxy) is 1. The van der Waals surface area contributed by atoms with E-state index in [1.165, 1.54) is 24.2 Å². The molecule has 0 bridgehead atoms. The lowest BCUT2D eigenvalue weighted by atomic mass is 10.0. The summed E-state index contributed by atoms with van der Waals surface area (Å²) in [5.74, 6) is -1.62. The molecule has 0 aliphatic carbocycles. The zero-order valence-corrected chi connectivity index (χ0v) is 22.5. The standard InChI is InChI=1S/C26H31ClFN5O5/c1-25(2,3)38-24(36)32-11-9-31(10-12-32)21-6-5-19(16-29-21)33-8-7-26(37,23(33)35)22(34)30(4)20-14-17(27)13-18(28)15-20/h5-6,13-16,37H,7-12H2,1-4H3/t26-/m0/s1. The van der Waals surface area contributed by atoms with Crippen molar-refractivity contribution in [2.75, 3.05) is 54.5 Å². The minimum atomic E-state index is -2.30. The van der Waals surface area contributed by atoms with Crippen molar-refractivity contribution in [2.45, 2.75) is 38.4 Å². The van der Waals surface area contributed by atoms with Crippen LogP contribution < -0.4 is 14.7 Å². The SMILES string of the molecule is CN(C(=O)[C@@]1(O)CCN(c2ccc(N3CCN(C(=O)OC(C)(C)C)CC3)nc2)C1=O)c1cc(F)cc(Cl)c1. The number of carbonyl (C=O) groups excluding carboxylic acids is 3. The number of benzene rings is 1. The lowest BCUT2D eigenvalue weighted by Gasteiger charge is -2.36. The van der Waals surface area contributed by atoms with E-state index < -0.39 is 28.8 Å². The van der Waals surface area contributed by atoms with Crippen molar-refractivity contribution < 1.29 is 28.6 Å². The van der Waals surface area contributed by atoms with E-state index >= 15 is 0 Å². The molecule has 2 aromatic rings. The number of halogens is 2. The van der Waals surface area contributed by atoms with Gasteiger partial charge in [-0.3, -0.25) is 9.59 Å². The quantitative estimate of drug-likeness (QED) is 0.586. The average molecular weight is 548 g/mol. The van der Waals surface area contributed by atoms with Crippen molar-refractivity contribution in [3.05, 3.63) is 47.4 Å². The van der Waals surface area contributed by atoms with Crippen LogP contribution in [0.25, 0.3) is 0 Å². The van der Waals surface area contributed by atoms with Crippen LogP contribution in [0.2, 0.25) is 5.02 Å². The molecule has 1 atom stereocenters. The number of amides is 3. The van der Waals surface area contributed by atoms with Gasteiger partial charge in [-0.2, -0.15) is 0 Å². The van der Waals surface area contributed by atoms with Crippen LogP contribution in [0.1, 0.15) is 27.2 Å². The summed E-state index contributed by atoms with van der Waals surface area (Å²) in [7, 11) is 1.35. The van der Waals surface area contributed by atoms with Gasteiger partial charge in [0.1, 0.15) is 17.2 Å². The van der Waals surface area contributed by atoms with Crippen LogP contribution in [0.4, 0.5) is 26.4 Å².